The minimum Gasteiger partial charge on any atom is -0.459 e. The molecule has 0 aliphatic heterocycles. The lowest BCUT2D eigenvalue weighted by Crippen LogP contribution is -2.20. The Bertz CT molecular complexity index is 1130. The fraction of sp³-hybridized carbons (Fsp3) is 0.150. The Morgan fingerprint density at radius 1 is 1.14 bits per heavy atom. The Balaban J connectivity index is 1.55. The zero-order chi connectivity index (χ0) is 19.7. The zero-order valence-electron chi connectivity index (χ0n) is 15.3. The van der Waals surface area contributed by atoms with E-state index in [1.807, 2.05) is 24.5 Å². The number of nitrogens with one attached hydrogen (secondary N) is 1. The summed E-state index contributed by atoms with van der Waals surface area (Å²) in [6, 6.07) is 12.5. The first-order chi connectivity index (χ1) is 13.5. The summed E-state index contributed by atoms with van der Waals surface area (Å²) < 4.78 is 12.9. The molecule has 1 amide bonds. The van der Waals surface area contributed by atoms with Crippen molar-refractivity contribution < 1.29 is 13.6 Å². The van der Waals surface area contributed by atoms with Crippen LogP contribution in [0.2, 0.25) is 5.02 Å². The van der Waals surface area contributed by atoms with Crippen molar-refractivity contribution in [1.29, 1.82) is 0 Å². The van der Waals surface area contributed by atoms with Gasteiger partial charge in [-0.1, -0.05) is 17.7 Å². The van der Waals surface area contributed by atoms with E-state index in [2.05, 4.69) is 15.5 Å². The molecule has 0 spiro atoms. The molecule has 0 fully saturated rings. The standard InChI is InChI=1S/C20H17ClN4O3/c1-12-9-16(19-23-24-20(28-19)17-7-4-8-27-17)13(2)25(12)11-18(26)22-15-6-3-5-14(21)10-15/h3-10H,11H2,1-2H3,(H,22,26). The van der Waals surface area contributed by atoms with Gasteiger partial charge in [0, 0.05) is 22.1 Å². The molecule has 0 atom stereocenters. The molecule has 0 bridgehead atoms. The van der Waals surface area contributed by atoms with E-state index in [4.69, 9.17) is 20.4 Å². The molecule has 4 aromatic rings. The molecule has 3 aromatic heterocycles. The van der Waals surface area contributed by atoms with Crippen LogP contribution in [0.4, 0.5) is 5.69 Å². The molecule has 0 saturated carbocycles. The quantitative estimate of drug-likeness (QED) is 0.528. The van der Waals surface area contributed by atoms with Crippen LogP contribution < -0.4 is 5.32 Å². The molecule has 1 N–H and O–H groups in total. The summed E-state index contributed by atoms with van der Waals surface area (Å²) in [5, 5.41) is 11.6. The van der Waals surface area contributed by atoms with Crippen molar-refractivity contribution >= 4 is 23.2 Å². The van der Waals surface area contributed by atoms with E-state index in [-0.39, 0.29) is 12.5 Å². The van der Waals surface area contributed by atoms with Crippen LogP contribution in [-0.4, -0.2) is 20.7 Å². The summed E-state index contributed by atoms with van der Waals surface area (Å²) in [6.07, 6.45) is 1.55. The van der Waals surface area contributed by atoms with Crippen molar-refractivity contribution in [2.75, 3.05) is 5.32 Å². The molecule has 0 saturated heterocycles. The molecule has 0 aliphatic rings. The predicted molar refractivity (Wildman–Crippen MR) is 105 cm³/mol. The van der Waals surface area contributed by atoms with Crippen molar-refractivity contribution in [3.8, 4) is 23.1 Å². The highest BCUT2D eigenvalue weighted by Gasteiger charge is 2.19. The van der Waals surface area contributed by atoms with Gasteiger partial charge in [0.25, 0.3) is 5.89 Å². The molecule has 4 rings (SSSR count). The number of hydrogen-bond acceptors (Lipinski definition) is 5. The number of hydrogen-bond donors (Lipinski definition) is 1. The molecule has 0 aliphatic carbocycles. The lowest BCUT2D eigenvalue weighted by molar-refractivity contribution is -0.116. The number of carbonyl (C=O) groups excluding carboxylic acids is 1. The molecule has 8 heteroatoms. The van der Waals surface area contributed by atoms with Crippen LogP contribution >= 0.6 is 11.6 Å². The fourth-order valence-corrected chi connectivity index (χ4v) is 3.19. The van der Waals surface area contributed by atoms with Gasteiger partial charge in [0.15, 0.2) is 5.76 Å². The van der Waals surface area contributed by atoms with Gasteiger partial charge in [-0.05, 0) is 50.2 Å². The molecule has 0 radical (unpaired) electrons. The number of benzene rings is 1. The molecular formula is C20H17ClN4O3. The Kier molecular flexibility index (Phi) is 4.75. The number of amides is 1. The number of aromatic nitrogens is 3. The van der Waals surface area contributed by atoms with E-state index >= 15 is 0 Å². The van der Waals surface area contributed by atoms with Crippen molar-refractivity contribution in [2.24, 2.45) is 0 Å². The van der Waals surface area contributed by atoms with Crippen LogP contribution in [0.3, 0.4) is 0 Å². The maximum atomic E-state index is 12.5. The fourth-order valence-electron chi connectivity index (χ4n) is 3.00. The topological polar surface area (TPSA) is 86.1 Å². The largest absolute Gasteiger partial charge is 0.459 e. The SMILES string of the molecule is Cc1cc(-c2nnc(-c3ccco3)o2)c(C)n1CC(=O)Nc1cccc(Cl)c1. The smallest absolute Gasteiger partial charge is 0.283 e. The number of aryl methyl sites for hydroxylation is 1. The average molecular weight is 397 g/mol. The predicted octanol–water partition coefficient (Wildman–Crippen LogP) is 4.71. The van der Waals surface area contributed by atoms with E-state index in [1.54, 1.807) is 42.7 Å². The second-order valence-corrected chi connectivity index (χ2v) is 6.76. The van der Waals surface area contributed by atoms with Gasteiger partial charge in [-0.25, -0.2) is 0 Å². The van der Waals surface area contributed by atoms with Crippen molar-refractivity contribution in [3.63, 3.8) is 0 Å². The lowest BCUT2D eigenvalue weighted by Gasteiger charge is -2.10. The van der Waals surface area contributed by atoms with Crippen LogP contribution in [0.15, 0.2) is 57.6 Å². The maximum Gasteiger partial charge on any atom is 0.283 e. The van der Waals surface area contributed by atoms with Crippen LogP contribution in [-0.2, 0) is 11.3 Å². The first-order valence-corrected chi connectivity index (χ1v) is 8.99. The van der Waals surface area contributed by atoms with E-state index in [1.165, 1.54) is 0 Å². The van der Waals surface area contributed by atoms with Gasteiger partial charge in [0.2, 0.25) is 11.8 Å². The van der Waals surface area contributed by atoms with Crippen LogP contribution in [0.5, 0.6) is 0 Å². The molecule has 7 nitrogen and oxygen atoms in total. The summed E-state index contributed by atoms with van der Waals surface area (Å²) in [5.74, 6) is 1.04. The number of rotatable bonds is 5. The summed E-state index contributed by atoms with van der Waals surface area (Å²) >= 11 is 5.96. The molecule has 0 unspecified atom stereocenters. The third-order valence-electron chi connectivity index (χ3n) is 4.37. The first kappa shape index (κ1) is 18.1. The second kappa shape index (κ2) is 7.36. The second-order valence-electron chi connectivity index (χ2n) is 6.32. The summed E-state index contributed by atoms with van der Waals surface area (Å²) in [4.78, 5) is 12.5. The van der Waals surface area contributed by atoms with E-state index < -0.39 is 0 Å². The number of carbonyl (C=O) groups is 1. The molecule has 3 heterocycles. The highest BCUT2D eigenvalue weighted by atomic mass is 35.5. The number of nitrogens with zero attached hydrogens (tertiary/aromatic N) is 3. The zero-order valence-corrected chi connectivity index (χ0v) is 16.0. The first-order valence-electron chi connectivity index (χ1n) is 8.61. The van der Waals surface area contributed by atoms with Gasteiger partial charge in [-0.15, -0.1) is 10.2 Å². The Hall–Kier alpha value is -3.32. The van der Waals surface area contributed by atoms with Gasteiger partial charge in [0.05, 0.1) is 11.8 Å². The Morgan fingerprint density at radius 2 is 1.96 bits per heavy atom. The van der Waals surface area contributed by atoms with E-state index in [0.29, 0.717) is 28.3 Å². The highest BCUT2D eigenvalue weighted by molar-refractivity contribution is 6.30. The van der Waals surface area contributed by atoms with Gasteiger partial charge >= 0.3 is 0 Å². The van der Waals surface area contributed by atoms with Gasteiger partial charge in [-0.3, -0.25) is 4.79 Å². The van der Waals surface area contributed by atoms with Crippen molar-refractivity contribution in [3.05, 3.63) is 65.1 Å². The van der Waals surface area contributed by atoms with E-state index in [0.717, 1.165) is 17.0 Å². The van der Waals surface area contributed by atoms with Gasteiger partial charge in [0.1, 0.15) is 6.54 Å². The molecule has 28 heavy (non-hydrogen) atoms. The van der Waals surface area contributed by atoms with Gasteiger partial charge in [-0.2, -0.15) is 0 Å². The molecular weight excluding hydrogens is 380 g/mol. The number of anilines is 1. The molecule has 1 aromatic carbocycles. The minimum absolute atomic E-state index is 0.155. The lowest BCUT2D eigenvalue weighted by atomic mass is 10.2. The maximum absolute atomic E-state index is 12.5. The Labute approximate surface area is 165 Å². The van der Waals surface area contributed by atoms with Crippen LogP contribution in [0, 0.1) is 13.8 Å². The van der Waals surface area contributed by atoms with Gasteiger partial charge < -0.3 is 18.7 Å². The van der Waals surface area contributed by atoms with Crippen LogP contribution in [0.1, 0.15) is 11.4 Å². The van der Waals surface area contributed by atoms with E-state index in [9.17, 15) is 4.79 Å². The summed E-state index contributed by atoms with van der Waals surface area (Å²) in [5.41, 5.74) is 3.19. The monoisotopic (exact) mass is 396 g/mol. The summed E-state index contributed by atoms with van der Waals surface area (Å²) in [6.45, 7) is 3.99. The highest BCUT2D eigenvalue weighted by Crippen LogP contribution is 2.29. The molecule has 142 valence electrons. The third kappa shape index (κ3) is 3.57. The average Bonchev–Trinajstić information content (AvgIpc) is 3.38. The number of halogens is 1. The van der Waals surface area contributed by atoms with Crippen molar-refractivity contribution in [2.45, 2.75) is 20.4 Å². The van der Waals surface area contributed by atoms with Crippen molar-refractivity contribution in [1.82, 2.24) is 14.8 Å². The number of furan rings is 1. The third-order valence-corrected chi connectivity index (χ3v) is 4.61. The van der Waals surface area contributed by atoms with Crippen LogP contribution in [0.25, 0.3) is 23.1 Å². The Morgan fingerprint density at radius 3 is 2.71 bits per heavy atom. The minimum atomic E-state index is -0.155. The normalized spacial score (nSPS) is 11.0. The summed E-state index contributed by atoms with van der Waals surface area (Å²) in [7, 11) is 0.